The van der Waals surface area contributed by atoms with Crippen LogP contribution in [0.3, 0.4) is 0 Å². The molecule has 1 unspecified atom stereocenters. The maximum atomic E-state index is 5.57. The summed E-state index contributed by atoms with van der Waals surface area (Å²) in [6, 6.07) is 0. The molecule has 0 saturated carbocycles. The fourth-order valence-electron chi connectivity index (χ4n) is 1.52. The highest BCUT2D eigenvalue weighted by atomic mass is 16.5. The smallest absolute Gasteiger partial charge is 0.223 e. The summed E-state index contributed by atoms with van der Waals surface area (Å²) in [6.07, 6.45) is 3.41. The molecular formula is C8H12N4O. The van der Waals surface area contributed by atoms with Gasteiger partial charge in [0.05, 0.1) is 0 Å². The molecule has 0 aliphatic carbocycles. The van der Waals surface area contributed by atoms with Gasteiger partial charge in [0, 0.05) is 6.61 Å². The van der Waals surface area contributed by atoms with E-state index in [0.717, 1.165) is 19.4 Å². The van der Waals surface area contributed by atoms with Gasteiger partial charge in [0.1, 0.15) is 11.9 Å². The molecule has 5 nitrogen and oxygen atoms in total. The van der Waals surface area contributed by atoms with Crippen LogP contribution in [0.1, 0.15) is 25.6 Å². The monoisotopic (exact) mass is 180 g/mol. The van der Waals surface area contributed by atoms with Gasteiger partial charge >= 0.3 is 0 Å². The van der Waals surface area contributed by atoms with Crippen LogP contribution in [0.15, 0.2) is 6.33 Å². The van der Waals surface area contributed by atoms with Crippen LogP contribution in [0.4, 0.5) is 5.95 Å². The van der Waals surface area contributed by atoms with Crippen LogP contribution >= 0.6 is 0 Å². The normalized spacial score (nSPS) is 27.8. The molecule has 0 amide bonds. The van der Waals surface area contributed by atoms with Crippen molar-refractivity contribution >= 4 is 5.95 Å². The first kappa shape index (κ1) is 8.37. The van der Waals surface area contributed by atoms with Crippen LogP contribution in [-0.4, -0.2) is 21.6 Å². The zero-order valence-electron chi connectivity index (χ0n) is 7.53. The van der Waals surface area contributed by atoms with Gasteiger partial charge in [-0.15, -0.1) is 0 Å². The molecule has 1 saturated heterocycles. The molecule has 1 aromatic rings. The van der Waals surface area contributed by atoms with E-state index in [1.807, 2.05) is 6.92 Å². The number of rotatable bonds is 1. The average molecular weight is 180 g/mol. The van der Waals surface area contributed by atoms with Gasteiger partial charge in [-0.1, -0.05) is 0 Å². The summed E-state index contributed by atoms with van der Waals surface area (Å²) in [6.45, 7) is 2.75. The summed E-state index contributed by atoms with van der Waals surface area (Å²) in [5.41, 5.74) is 5.10. The Bertz CT molecular complexity index is 309. The molecule has 0 radical (unpaired) electrons. The van der Waals surface area contributed by atoms with E-state index in [9.17, 15) is 0 Å². The van der Waals surface area contributed by atoms with Crippen molar-refractivity contribution in [3.63, 3.8) is 0 Å². The summed E-state index contributed by atoms with van der Waals surface area (Å²) in [5, 5.41) is 0. The molecule has 1 aromatic heterocycles. The summed E-state index contributed by atoms with van der Waals surface area (Å²) in [4.78, 5) is 11.9. The highest BCUT2D eigenvalue weighted by Crippen LogP contribution is 2.32. The van der Waals surface area contributed by atoms with Crippen molar-refractivity contribution < 1.29 is 4.74 Å². The van der Waals surface area contributed by atoms with E-state index in [-0.39, 0.29) is 11.5 Å². The third-order valence-electron chi connectivity index (χ3n) is 2.28. The topological polar surface area (TPSA) is 73.9 Å². The minimum Gasteiger partial charge on any atom is -0.368 e. The number of aromatic nitrogens is 3. The molecule has 70 valence electrons. The third-order valence-corrected chi connectivity index (χ3v) is 2.28. The maximum absolute atomic E-state index is 5.57. The number of nitrogens with two attached hydrogens (primary N) is 1. The van der Waals surface area contributed by atoms with Crippen molar-refractivity contribution in [2.75, 3.05) is 12.3 Å². The van der Waals surface area contributed by atoms with Gasteiger partial charge in [-0.2, -0.15) is 4.98 Å². The Hall–Kier alpha value is -1.23. The SMILES string of the molecule is CC1(c2ncnc(N)n2)CCCO1. The Labute approximate surface area is 76.4 Å². The average Bonchev–Trinajstić information content (AvgIpc) is 2.54. The minimum absolute atomic E-state index is 0.252. The van der Waals surface area contributed by atoms with Crippen LogP contribution in [-0.2, 0) is 10.3 Å². The lowest BCUT2D eigenvalue weighted by atomic mass is 10.0. The predicted octanol–water partition coefficient (Wildman–Crippen LogP) is 0.479. The first-order valence-electron chi connectivity index (χ1n) is 4.30. The standard InChI is InChI=1S/C8H12N4O/c1-8(3-2-4-13-8)6-10-5-11-7(9)12-6/h5H,2-4H2,1H3,(H2,9,10,11,12). The zero-order valence-corrected chi connectivity index (χ0v) is 7.53. The Morgan fingerprint density at radius 3 is 3.00 bits per heavy atom. The van der Waals surface area contributed by atoms with E-state index < -0.39 is 0 Å². The fourth-order valence-corrected chi connectivity index (χ4v) is 1.52. The van der Waals surface area contributed by atoms with Gasteiger partial charge in [-0.3, -0.25) is 0 Å². The summed E-state index contributed by atoms with van der Waals surface area (Å²) < 4.78 is 5.57. The lowest BCUT2D eigenvalue weighted by Crippen LogP contribution is -2.24. The number of hydrogen-bond donors (Lipinski definition) is 1. The number of nitrogen functional groups attached to an aromatic ring is 1. The quantitative estimate of drug-likeness (QED) is 0.680. The molecule has 1 fully saturated rings. The Morgan fingerprint density at radius 1 is 1.54 bits per heavy atom. The Balaban J connectivity index is 2.33. The molecule has 1 aliphatic rings. The second-order valence-corrected chi connectivity index (χ2v) is 3.35. The molecule has 0 spiro atoms. The highest BCUT2D eigenvalue weighted by molar-refractivity contribution is 5.15. The van der Waals surface area contributed by atoms with E-state index in [0.29, 0.717) is 5.82 Å². The molecule has 5 heteroatoms. The molecule has 2 heterocycles. The van der Waals surface area contributed by atoms with Crippen molar-refractivity contribution in [1.29, 1.82) is 0 Å². The largest absolute Gasteiger partial charge is 0.368 e. The van der Waals surface area contributed by atoms with Crippen LogP contribution in [0.5, 0.6) is 0 Å². The number of nitrogens with zero attached hydrogens (tertiary/aromatic N) is 3. The zero-order chi connectivity index (χ0) is 9.31. The summed E-state index contributed by atoms with van der Waals surface area (Å²) >= 11 is 0. The van der Waals surface area contributed by atoms with E-state index in [1.54, 1.807) is 0 Å². The van der Waals surface area contributed by atoms with E-state index in [2.05, 4.69) is 15.0 Å². The van der Waals surface area contributed by atoms with Crippen molar-refractivity contribution in [1.82, 2.24) is 15.0 Å². The number of ether oxygens (including phenoxy) is 1. The van der Waals surface area contributed by atoms with Gasteiger partial charge in [-0.05, 0) is 19.8 Å². The fraction of sp³-hybridized carbons (Fsp3) is 0.625. The lowest BCUT2D eigenvalue weighted by Gasteiger charge is -2.20. The molecule has 13 heavy (non-hydrogen) atoms. The first-order chi connectivity index (χ1) is 6.21. The van der Waals surface area contributed by atoms with Gasteiger partial charge in [0.25, 0.3) is 0 Å². The molecule has 0 bridgehead atoms. The maximum Gasteiger partial charge on any atom is 0.223 e. The summed E-state index contributed by atoms with van der Waals surface area (Å²) in [7, 11) is 0. The third kappa shape index (κ3) is 1.47. The molecule has 2 rings (SSSR count). The van der Waals surface area contributed by atoms with E-state index >= 15 is 0 Å². The molecule has 2 N–H and O–H groups in total. The van der Waals surface area contributed by atoms with Gasteiger partial charge in [0.15, 0.2) is 5.82 Å². The van der Waals surface area contributed by atoms with Crippen LogP contribution in [0.25, 0.3) is 0 Å². The first-order valence-corrected chi connectivity index (χ1v) is 4.30. The number of hydrogen-bond acceptors (Lipinski definition) is 5. The van der Waals surface area contributed by atoms with Crippen molar-refractivity contribution in [2.45, 2.75) is 25.4 Å². The van der Waals surface area contributed by atoms with Crippen molar-refractivity contribution in [3.8, 4) is 0 Å². The lowest BCUT2D eigenvalue weighted by molar-refractivity contribution is 0.00927. The molecule has 0 aromatic carbocycles. The Morgan fingerprint density at radius 2 is 2.38 bits per heavy atom. The minimum atomic E-state index is -0.364. The van der Waals surface area contributed by atoms with E-state index in [1.165, 1.54) is 6.33 Å². The van der Waals surface area contributed by atoms with Crippen LogP contribution < -0.4 is 5.73 Å². The number of anilines is 1. The highest BCUT2D eigenvalue weighted by Gasteiger charge is 2.34. The van der Waals surface area contributed by atoms with Gasteiger partial charge in [0.2, 0.25) is 5.95 Å². The molecule has 1 aliphatic heterocycles. The molecule has 1 atom stereocenters. The second kappa shape index (κ2) is 2.92. The van der Waals surface area contributed by atoms with Crippen molar-refractivity contribution in [3.05, 3.63) is 12.2 Å². The Kier molecular flexibility index (Phi) is 1.88. The van der Waals surface area contributed by atoms with Gasteiger partial charge in [-0.25, -0.2) is 9.97 Å². The van der Waals surface area contributed by atoms with Crippen molar-refractivity contribution in [2.24, 2.45) is 0 Å². The second-order valence-electron chi connectivity index (χ2n) is 3.35. The van der Waals surface area contributed by atoms with Gasteiger partial charge < -0.3 is 10.5 Å². The van der Waals surface area contributed by atoms with Crippen LogP contribution in [0.2, 0.25) is 0 Å². The van der Waals surface area contributed by atoms with Crippen LogP contribution in [0, 0.1) is 0 Å². The predicted molar refractivity (Wildman–Crippen MR) is 46.8 cm³/mol. The van der Waals surface area contributed by atoms with E-state index in [4.69, 9.17) is 10.5 Å². The molecular weight excluding hydrogens is 168 g/mol. The summed E-state index contributed by atoms with van der Waals surface area (Å²) in [5.74, 6) is 0.888.